The molecule has 0 saturated heterocycles. The highest BCUT2D eigenvalue weighted by molar-refractivity contribution is 6.02. The zero-order valence-electron chi connectivity index (χ0n) is 11.0. The van der Waals surface area contributed by atoms with Gasteiger partial charge in [0.1, 0.15) is 5.82 Å². The molecule has 0 saturated carbocycles. The fraction of sp³-hybridized carbons (Fsp3) is 0.133. The Kier molecular flexibility index (Phi) is 4.55. The third-order valence-corrected chi connectivity index (χ3v) is 2.75. The van der Waals surface area contributed by atoms with Gasteiger partial charge < -0.3 is 0 Å². The van der Waals surface area contributed by atoms with Gasteiger partial charge in [-0.1, -0.05) is 19.1 Å². The minimum absolute atomic E-state index is 0.301. The van der Waals surface area contributed by atoms with Crippen LogP contribution in [0.15, 0.2) is 53.9 Å². The maximum absolute atomic E-state index is 12.9. The maximum Gasteiger partial charge on any atom is 0.271 e. The third kappa shape index (κ3) is 3.47. The van der Waals surface area contributed by atoms with Crippen LogP contribution < -0.4 is 5.43 Å². The van der Waals surface area contributed by atoms with E-state index in [-0.39, 0.29) is 11.7 Å². The molecule has 0 bridgehead atoms. The monoisotopic (exact) mass is 271 g/mol. The lowest BCUT2D eigenvalue weighted by Crippen LogP contribution is -2.20. The van der Waals surface area contributed by atoms with Crippen molar-refractivity contribution in [3.05, 3.63) is 65.7 Å². The predicted molar refractivity (Wildman–Crippen MR) is 74.9 cm³/mol. The first-order valence-electron chi connectivity index (χ1n) is 6.23. The molecule has 0 spiro atoms. The van der Waals surface area contributed by atoms with E-state index in [1.54, 1.807) is 36.7 Å². The molecule has 1 aromatic carbocycles. The van der Waals surface area contributed by atoms with Gasteiger partial charge in [0, 0.05) is 18.0 Å². The second-order valence-corrected chi connectivity index (χ2v) is 4.10. The molecule has 5 heteroatoms. The van der Waals surface area contributed by atoms with Crippen LogP contribution in [-0.4, -0.2) is 16.6 Å². The van der Waals surface area contributed by atoms with Crippen LogP contribution in [0.25, 0.3) is 0 Å². The number of pyridine rings is 1. The Morgan fingerprint density at radius 2 is 1.80 bits per heavy atom. The van der Waals surface area contributed by atoms with Crippen molar-refractivity contribution in [2.24, 2.45) is 5.10 Å². The molecule has 1 amide bonds. The fourth-order valence-corrected chi connectivity index (χ4v) is 1.68. The number of benzene rings is 1. The lowest BCUT2D eigenvalue weighted by molar-refractivity contribution is 0.0954. The topological polar surface area (TPSA) is 54.4 Å². The van der Waals surface area contributed by atoms with E-state index < -0.39 is 0 Å². The molecule has 1 heterocycles. The number of hydrogen-bond acceptors (Lipinski definition) is 3. The number of nitrogens with one attached hydrogen (secondary N) is 1. The molecule has 0 fully saturated rings. The predicted octanol–water partition coefficient (Wildman–Crippen LogP) is 2.76. The van der Waals surface area contributed by atoms with Crippen molar-refractivity contribution in [1.29, 1.82) is 0 Å². The molecule has 0 unspecified atom stereocenters. The largest absolute Gasteiger partial charge is 0.271 e. The van der Waals surface area contributed by atoms with Gasteiger partial charge in [-0.15, -0.1) is 0 Å². The van der Waals surface area contributed by atoms with Crippen molar-refractivity contribution >= 4 is 11.6 Å². The smallest absolute Gasteiger partial charge is 0.267 e. The Labute approximate surface area is 116 Å². The highest BCUT2D eigenvalue weighted by Crippen LogP contribution is 2.06. The van der Waals surface area contributed by atoms with Gasteiger partial charge in [-0.25, -0.2) is 9.82 Å². The van der Waals surface area contributed by atoms with Crippen molar-refractivity contribution in [2.45, 2.75) is 13.3 Å². The van der Waals surface area contributed by atoms with Gasteiger partial charge in [-0.05, 0) is 36.2 Å². The van der Waals surface area contributed by atoms with Gasteiger partial charge in [0.05, 0.1) is 5.71 Å². The average molecular weight is 271 g/mol. The molecule has 0 atom stereocenters. The van der Waals surface area contributed by atoms with Crippen molar-refractivity contribution < 1.29 is 9.18 Å². The zero-order chi connectivity index (χ0) is 14.4. The van der Waals surface area contributed by atoms with E-state index in [0.29, 0.717) is 17.7 Å². The summed E-state index contributed by atoms with van der Waals surface area (Å²) in [7, 11) is 0. The lowest BCUT2D eigenvalue weighted by atomic mass is 10.1. The molecule has 0 aliphatic heterocycles. The Bertz CT molecular complexity index is 609. The molecule has 2 aromatic rings. The summed E-state index contributed by atoms with van der Waals surface area (Å²) in [5.74, 6) is -0.606. The van der Waals surface area contributed by atoms with Gasteiger partial charge in [0.2, 0.25) is 0 Å². The second kappa shape index (κ2) is 6.56. The van der Waals surface area contributed by atoms with E-state index in [4.69, 9.17) is 0 Å². The van der Waals surface area contributed by atoms with Crippen molar-refractivity contribution in [2.75, 3.05) is 0 Å². The highest BCUT2D eigenvalue weighted by atomic mass is 19.1. The van der Waals surface area contributed by atoms with Crippen LogP contribution in [0.1, 0.15) is 29.3 Å². The van der Waals surface area contributed by atoms with Crippen LogP contribution >= 0.6 is 0 Å². The fourth-order valence-electron chi connectivity index (χ4n) is 1.68. The Hall–Kier alpha value is -2.56. The summed E-state index contributed by atoms with van der Waals surface area (Å²) in [5, 5.41) is 4.09. The quantitative estimate of drug-likeness (QED) is 0.686. The highest BCUT2D eigenvalue weighted by Gasteiger charge is 2.05. The molecule has 0 radical (unpaired) electrons. The number of halogens is 1. The molecule has 0 aliphatic carbocycles. The van der Waals surface area contributed by atoms with Gasteiger partial charge in [0.15, 0.2) is 0 Å². The van der Waals surface area contributed by atoms with E-state index in [1.807, 2.05) is 6.92 Å². The minimum Gasteiger partial charge on any atom is -0.267 e. The van der Waals surface area contributed by atoms with E-state index in [0.717, 1.165) is 5.56 Å². The summed E-state index contributed by atoms with van der Waals surface area (Å²) in [6.45, 7) is 1.92. The maximum atomic E-state index is 12.9. The van der Waals surface area contributed by atoms with Crippen LogP contribution in [0.2, 0.25) is 0 Å². The Balaban J connectivity index is 2.12. The van der Waals surface area contributed by atoms with Gasteiger partial charge >= 0.3 is 0 Å². The number of hydrazone groups is 1. The standard InChI is InChI=1S/C15H14FN3O/c1-2-14(11-3-5-13(16)6-4-11)18-19-15(20)12-7-9-17-10-8-12/h3-10H,2H2,1H3,(H,19,20)/b18-14+. The molecule has 1 aromatic heterocycles. The summed E-state index contributed by atoms with van der Waals surface area (Å²) in [5.41, 5.74) is 4.44. The average Bonchev–Trinajstić information content (AvgIpc) is 2.50. The van der Waals surface area contributed by atoms with Crippen LogP contribution in [0.4, 0.5) is 4.39 Å². The molecule has 2 rings (SSSR count). The van der Waals surface area contributed by atoms with Crippen molar-refractivity contribution in [3.63, 3.8) is 0 Å². The molecule has 20 heavy (non-hydrogen) atoms. The normalized spacial score (nSPS) is 11.2. The molecular weight excluding hydrogens is 257 g/mol. The molecule has 4 nitrogen and oxygen atoms in total. The lowest BCUT2D eigenvalue weighted by Gasteiger charge is -2.05. The summed E-state index contributed by atoms with van der Waals surface area (Å²) in [4.78, 5) is 15.7. The Morgan fingerprint density at radius 3 is 2.40 bits per heavy atom. The van der Waals surface area contributed by atoms with E-state index in [1.165, 1.54) is 12.1 Å². The van der Waals surface area contributed by atoms with Crippen LogP contribution in [0.5, 0.6) is 0 Å². The molecule has 102 valence electrons. The number of aromatic nitrogens is 1. The number of rotatable bonds is 4. The number of amides is 1. The summed E-state index contributed by atoms with van der Waals surface area (Å²) in [6.07, 6.45) is 3.71. The first-order valence-corrected chi connectivity index (χ1v) is 6.23. The van der Waals surface area contributed by atoms with E-state index >= 15 is 0 Å². The SMILES string of the molecule is CC/C(=N\NC(=O)c1ccncc1)c1ccc(F)cc1. The number of carbonyl (C=O) groups excluding carboxylic acids is 1. The number of carbonyl (C=O) groups is 1. The van der Waals surface area contributed by atoms with Crippen molar-refractivity contribution in [3.8, 4) is 0 Å². The van der Waals surface area contributed by atoms with Crippen LogP contribution in [0.3, 0.4) is 0 Å². The number of hydrogen-bond donors (Lipinski definition) is 1. The summed E-state index contributed by atoms with van der Waals surface area (Å²) >= 11 is 0. The van der Waals surface area contributed by atoms with Crippen LogP contribution in [0, 0.1) is 5.82 Å². The first kappa shape index (κ1) is 13.9. The molecule has 1 N–H and O–H groups in total. The summed E-state index contributed by atoms with van der Waals surface area (Å²) in [6, 6.07) is 9.21. The minimum atomic E-state index is -0.305. The third-order valence-electron chi connectivity index (χ3n) is 2.75. The zero-order valence-corrected chi connectivity index (χ0v) is 11.0. The summed E-state index contributed by atoms with van der Waals surface area (Å²) < 4.78 is 12.9. The van der Waals surface area contributed by atoms with E-state index in [9.17, 15) is 9.18 Å². The first-order chi connectivity index (χ1) is 9.70. The van der Waals surface area contributed by atoms with Crippen molar-refractivity contribution in [1.82, 2.24) is 10.4 Å². The van der Waals surface area contributed by atoms with Crippen LogP contribution in [-0.2, 0) is 0 Å². The second-order valence-electron chi connectivity index (χ2n) is 4.10. The molecule has 0 aliphatic rings. The van der Waals surface area contributed by atoms with Gasteiger partial charge in [0.25, 0.3) is 5.91 Å². The van der Waals surface area contributed by atoms with Gasteiger partial charge in [-0.3, -0.25) is 9.78 Å². The Morgan fingerprint density at radius 1 is 1.15 bits per heavy atom. The van der Waals surface area contributed by atoms with Gasteiger partial charge in [-0.2, -0.15) is 5.10 Å². The van der Waals surface area contributed by atoms with E-state index in [2.05, 4.69) is 15.5 Å². The number of nitrogens with zero attached hydrogens (tertiary/aromatic N) is 2. The molecular formula is C15H14FN3O.